The van der Waals surface area contributed by atoms with Crippen LogP contribution in [-0.4, -0.2) is 14.3 Å². The van der Waals surface area contributed by atoms with Gasteiger partial charge in [-0.15, -0.1) is 0 Å². The molecule has 4 aromatic rings. The molecule has 0 amide bonds. The van der Waals surface area contributed by atoms with Crippen LogP contribution in [0.2, 0.25) is 0 Å². The van der Waals surface area contributed by atoms with Gasteiger partial charge in [0.15, 0.2) is 5.65 Å². The summed E-state index contributed by atoms with van der Waals surface area (Å²) in [7, 11) is 1.84. The number of nitrogens with zero attached hydrogens (tertiary/aromatic N) is 3. The Kier molecular flexibility index (Phi) is 3.67. The third-order valence-electron chi connectivity index (χ3n) is 4.87. The summed E-state index contributed by atoms with van der Waals surface area (Å²) in [4.78, 5) is 0. The van der Waals surface area contributed by atoms with Crippen LogP contribution >= 0.6 is 0 Å². The Morgan fingerprint density at radius 1 is 0.852 bits per heavy atom. The van der Waals surface area contributed by atoms with Gasteiger partial charge in [0.1, 0.15) is 0 Å². The molecule has 0 bridgehead atoms. The van der Waals surface area contributed by atoms with E-state index in [0.29, 0.717) is 5.69 Å². The molecule has 0 saturated carbocycles. The van der Waals surface area contributed by atoms with Crippen LogP contribution in [0.1, 0.15) is 31.9 Å². The van der Waals surface area contributed by atoms with Crippen LogP contribution in [0.5, 0.6) is 0 Å². The Morgan fingerprint density at radius 3 is 2.07 bits per heavy atom. The van der Waals surface area contributed by atoms with Crippen LogP contribution in [0.15, 0.2) is 48.7 Å². The zero-order valence-electron chi connectivity index (χ0n) is 15.6. The fourth-order valence-corrected chi connectivity index (χ4v) is 3.42. The second-order valence-electron chi connectivity index (χ2n) is 7.90. The van der Waals surface area contributed by atoms with Gasteiger partial charge in [-0.2, -0.15) is 18.3 Å². The molecular formula is C21H20F3N3. The Bertz CT molecular complexity index is 1140. The number of alkyl halides is 3. The van der Waals surface area contributed by atoms with E-state index in [9.17, 15) is 13.2 Å². The van der Waals surface area contributed by atoms with E-state index in [1.165, 1.54) is 17.7 Å². The Balaban J connectivity index is 1.99. The first kappa shape index (κ1) is 17.6. The van der Waals surface area contributed by atoms with E-state index >= 15 is 0 Å². The van der Waals surface area contributed by atoms with Gasteiger partial charge < -0.3 is 0 Å². The third-order valence-corrected chi connectivity index (χ3v) is 4.87. The minimum absolute atomic E-state index is 0.000814. The molecule has 0 saturated heterocycles. The molecule has 0 spiro atoms. The molecule has 4 rings (SSSR count). The van der Waals surface area contributed by atoms with Crippen molar-refractivity contribution in [1.82, 2.24) is 14.3 Å². The molecule has 0 fully saturated rings. The molecule has 0 radical (unpaired) electrons. The average molecular weight is 371 g/mol. The molecule has 0 unspecified atom stereocenters. The molecule has 2 aromatic carbocycles. The van der Waals surface area contributed by atoms with Gasteiger partial charge in [0, 0.05) is 29.7 Å². The predicted molar refractivity (Wildman–Crippen MR) is 101 cm³/mol. The van der Waals surface area contributed by atoms with Gasteiger partial charge in [0.2, 0.25) is 0 Å². The van der Waals surface area contributed by atoms with Crippen molar-refractivity contribution in [1.29, 1.82) is 0 Å². The standard InChI is InChI=1S/C21H20F3N3/c1-20(2,3)14-7-10-18-16(11-14)17-12-26(4)25-19(17)27(18)15-8-5-13(6-9-15)21(22,23)24/h5-12H,1-4H3. The number of halogens is 3. The maximum atomic E-state index is 12.9. The molecule has 0 atom stereocenters. The maximum absolute atomic E-state index is 12.9. The summed E-state index contributed by atoms with van der Waals surface area (Å²) in [6.45, 7) is 6.46. The fraction of sp³-hybridized carbons (Fsp3) is 0.286. The molecule has 2 heterocycles. The number of rotatable bonds is 1. The molecule has 6 heteroatoms. The summed E-state index contributed by atoms with van der Waals surface area (Å²) in [5, 5.41) is 6.58. The second kappa shape index (κ2) is 5.62. The van der Waals surface area contributed by atoms with E-state index in [2.05, 4.69) is 38.0 Å². The first-order valence-corrected chi connectivity index (χ1v) is 8.71. The predicted octanol–water partition coefficient (Wildman–Crippen LogP) is 5.83. The largest absolute Gasteiger partial charge is 0.416 e. The first-order chi connectivity index (χ1) is 12.6. The van der Waals surface area contributed by atoms with Gasteiger partial charge in [-0.05, 0) is 47.4 Å². The van der Waals surface area contributed by atoms with E-state index in [1.54, 1.807) is 4.68 Å². The maximum Gasteiger partial charge on any atom is 0.416 e. The molecule has 2 aromatic heterocycles. The van der Waals surface area contributed by atoms with Gasteiger partial charge in [-0.1, -0.05) is 26.8 Å². The number of fused-ring (bicyclic) bond motifs is 3. The van der Waals surface area contributed by atoms with Crippen molar-refractivity contribution in [2.24, 2.45) is 7.05 Å². The summed E-state index contributed by atoms with van der Waals surface area (Å²) in [6, 6.07) is 11.5. The summed E-state index contributed by atoms with van der Waals surface area (Å²) < 4.78 is 42.4. The molecule has 3 nitrogen and oxygen atoms in total. The number of benzene rings is 2. The van der Waals surface area contributed by atoms with Crippen LogP contribution in [0.4, 0.5) is 13.2 Å². The van der Waals surface area contributed by atoms with Crippen molar-refractivity contribution in [2.45, 2.75) is 32.4 Å². The number of hydrogen-bond donors (Lipinski definition) is 0. The topological polar surface area (TPSA) is 22.8 Å². The number of aryl methyl sites for hydroxylation is 1. The minimum atomic E-state index is -4.35. The first-order valence-electron chi connectivity index (χ1n) is 8.71. The number of hydrogen-bond acceptors (Lipinski definition) is 1. The van der Waals surface area contributed by atoms with Gasteiger partial charge in [0.25, 0.3) is 0 Å². The zero-order valence-corrected chi connectivity index (χ0v) is 15.6. The molecule has 0 aliphatic carbocycles. The van der Waals surface area contributed by atoms with Crippen LogP contribution in [0.25, 0.3) is 27.6 Å². The second-order valence-corrected chi connectivity index (χ2v) is 7.90. The highest BCUT2D eigenvalue weighted by molar-refractivity contribution is 6.08. The van der Waals surface area contributed by atoms with Crippen LogP contribution in [-0.2, 0) is 18.6 Å². The molecule has 140 valence electrons. The zero-order chi connectivity index (χ0) is 19.6. The highest BCUT2D eigenvalue weighted by Gasteiger charge is 2.30. The van der Waals surface area contributed by atoms with Gasteiger partial charge in [-0.25, -0.2) is 0 Å². The summed E-state index contributed by atoms with van der Waals surface area (Å²) in [6.07, 6.45) is -2.40. The van der Waals surface area contributed by atoms with Gasteiger partial charge in [0.05, 0.1) is 11.1 Å². The lowest BCUT2D eigenvalue weighted by Gasteiger charge is -2.19. The van der Waals surface area contributed by atoms with Crippen LogP contribution in [0, 0.1) is 0 Å². The average Bonchev–Trinajstić information content (AvgIpc) is 3.07. The molecule has 0 aliphatic heterocycles. The van der Waals surface area contributed by atoms with E-state index in [0.717, 1.165) is 34.1 Å². The van der Waals surface area contributed by atoms with Gasteiger partial charge in [-0.3, -0.25) is 9.25 Å². The Hall–Kier alpha value is -2.76. The van der Waals surface area contributed by atoms with Crippen LogP contribution in [0.3, 0.4) is 0 Å². The smallest absolute Gasteiger partial charge is 0.292 e. The molecule has 27 heavy (non-hydrogen) atoms. The third kappa shape index (κ3) is 2.89. The number of aromatic nitrogens is 3. The van der Waals surface area contributed by atoms with Crippen molar-refractivity contribution in [3.05, 3.63) is 59.8 Å². The summed E-state index contributed by atoms with van der Waals surface area (Å²) in [5.41, 5.74) is 2.86. The lowest BCUT2D eigenvalue weighted by atomic mass is 9.86. The Labute approximate surface area is 155 Å². The van der Waals surface area contributed by atoms with Crippen LogP contribution < -0.4 is 0 Å². The Morgan fingerprint density at radius 2 is 1.48 bits per heavy atom. The van der Waals surface area contributed by atoms with Crippen molar-refractivity contribution < 1.29 is 13.2 Å². The summed E-state index contributed by atoms with van der Waals surface area (Å²) >= 11 is 0. The lowest BCUT2D eigenvalue weighted by Crippen LogP contribution is -2.10. The quantitative estimate of drug-likeness (QED) is 0.413. The molecule has 0 aliphatic rings. The highest BCUT2D eigenvalue weighted by Crippen LogP contribution is 2.35. The van der Waals surface area contributed by atoms with Crippen molar-refractivity contribution in [2.75, 3.05) is 0 Å². The fourth-order valence-electron chi connectivity index (χ4n) is 3.42. The summed E-state index contributed by atoms with van der Waals surface area (Å²) in [5.74, 6) is 0. The minimum Gasteiger partial charge on any atom is -0.292 e. The van der Waals surface area contributed by atoms with E-state index in [-0.39, 0.29) is 5.41 Å². The van der Waals surface area contributed by atoms with Crippen molar-refractivity contribution >= 4 is 21.9 Å². The molecule has 0 N–H and O–H groups in total. The van der Waals surface area contributed by atoms with Gasteiger partial charge >= 0.3 is 6.18 Å². The van der Waals surface area contributed by atoms with E-state index < -0.39 is 11.7 Å². The van der Waals surface area contributed by atoms with Crippen molar-refractivity contribution in [3.8, 4) is 5.69 Å². The highest BCUT2D eigenvalue weighted by atomic mass is 19.4. The lowest BCUT2D eigenvalue weighted by molar-refractivity contribution is -0.137. The van der Waals surface area contributed by atoms with E-state index in [4.69, 9.17) is 0 Å². The normalized spacial score (nSPS) is 13.0. The monoisotopic (exact) mass is 371 g/mol. The SMILES string of the molecule is Cn1cc2c3cc(C(C)(C)C)ccc3n(-c3ccc(C(F)(F)F)cc3)c2n1. The molecular weight excluding hydrogens is 351 g/mol. The van der Waals surface area contributed by atoms with E-state index in [1.807, 2.05) is 23.9 Å². The van der Waals surface area contributed by atoms with Crippen molar-refractivity contribution in [3.63, 3.8) is 0 Å².